The third-order valence-corrected chi connectivity index (χ3v) is 5.45. The van der Waals surface area contributed by atoms with E-state index in [1.807, 2.05) is 25.2 Å². The molecule has 0 radical (unpaired) electrons. The second-order valence-electron chi connectivity index (χ2n) is 7.64. The molecule has 3 heterocycles. The number of likely N-dealkylation sites (N-methyl/N-ethyl adjacent to an activating group) is 1. The van der Waals surface area contributed by atoms with Crippen molar-refractivity contribution in [2.24, 2.45) is 0 Å². The Labute approximate surface area is 170 Å². The van der Waals surface area contributed by atoms with Crippen LogP contribution in [0.15, 0.2) is 24.3 Å². The average Bonchev–Trinajstić information content (AvgIpc) is 3.34. The Balaban J connectivity index is 1.20. The van der Waals surface area contributed by atoms with Crippen LogP contribution < -0.4 is 4.74 Å². The molecular weight excluding hydrogens is 372 g/mol. The van der Waals surface area contributed by atoms with Gasteiger partial charge in [0.05, 0.1) is 26.3 Å². The number of para-hydroxylation sites is 1. The molecule has 4 rings (SSSR count). The van der Waals surface area contributed by atoms with Crippen LogP contribution in [0.3, 0.4) is 0 Å². The van der Waals surface area contributed by atoms with Crippen LogP contribution in [0.5, 0.6) is 5.75 Å². The molecule has 1 aromatic heterocycles. The molecule has 2 aromatic rings. The Morgan fingerprint density at radius 1 is 1.28 bits per heavy atom. The molecule has 0 aliphatic carbocycles. The van der Waals surface area contributed by atoms with E-state index in [-0.39, 0.29) is 12.0 Å². The lowest BCUT2D eigenvalue weighted by Crippen LogP contribution is -2.37. The average molecular weight is 400 g/mol. The van der Waals surface area contributed by atoms with Crippen LogP contribution in [0.2, 0.25) is 0 Å². The number of tetrazole rings is 1. The monoisotopic (exact) mass is 400 g/mol. The van der Waals surface area contributed by atoms with E-state index in [2.05, 4.69) is 26.5 Å². The van der Waals surface area contributed by atoms with E-state index in [0.717, 1.165) is 44.3 Å². The van der Waals surface area contributed by atoms with Crippen molar-refractivity contribution < 1.29 is 14.3 Å². The smallest absolute Gasteiger partial charge is 0.222 e. The molecular formula is C20H28N6O3. The minimum absolute atomic E-state index is 0.0287. The van der Waals surface area contributed by atoms with E-state index < -0.39 is 0 Å². The zero-order valence-corrected chi connectivity index (χ0v) is 16.9. The molecule has 0 saturated carbocycles. The topological polar surface area (TPSA) is 85.6 Å². The summed E-state index contributed by atoms with van der Waals surface area (Å²) >= 11 is 0. The number of fused-ring (bicyclic) bond motifs is 1. The zero-order chi connectivity index (χ0) is 20.1. The van der Waals surface area contributed by atoms with Crippen molar-refractivity contribution in [2.75, 3.05) is 39.9 Å². The van der Waals surface area contributed by atoms with Crippen LogP contribution in [0, 0.1) is 0 Å². The number of hydrogen-bond donors (Lipinski definition) is 0. The predicted molar refractivity (Wildman–Crippen MR) is 105 cm³/mol. The first-order chi connectivity index (χ1) is 14.2. The summed E-state index contributed by atoms with van der Waals surface area (Å²) in [5, 5.41) is 12.0. The van der Waals surface area contributed by atoms with Crippen molar-refractivity contribution in [3.05, 3.63) is 35.7 Å². The summed E-state index contributed by atoms with van der Waals surface area (Å²) < 4.78 is 13.1. The molecule has 1 fully saturated rings. The Hall–Kier alpha value is -2.52. The van der Waals surface area contributed by atoms with Gasteiger partial charge in [-0.05, 0) is 28.5 Å². The number of benzene rings is 1. The molecule has 9 heteroatoms. The van der Waals surface area contributed by atoms with Crippen LogP contribution in [0.4, 0.5) is 0 Å². The highest BCUT2D eigenvalue weighted by atomic mass is 16.5. The van der Waals surface area contributed by atoms with Gasteiger partial charge in [0.1, 0.15) is 11.9 Å². The molecule has 2 aliphatic heterocycles. The standard InChI is InChI=1S/C20H28N6O3/c1-24(14-17-13-16-5-2-3-6-18(16)29-17)20(27)7-4-8-26-19(21-22-23-26)15-25-9-11-28-12-10-25/h2-3,5-6,17H,4,7-15H2,1H3/t17-/m0/s1. The van der Waals surface area contributed by atoms with Gasteiger partial charge in [-0.25, -0.2) is 4.68 Å². The van der Waals surface area contributed by atoms with Crippen molar-refractivity contribution in [3.8, 4) is 5.75 Å². The Bertz CT molecular complexity index is 795. The molecule has 1 aromatic carbocycles. The largest absolute Gasteiger partial charge is 0.488 e. The first kappa shape index (κ1) is 19.8. The Morgan fingerprint density at radius 3 is 2.93 bits per heavy atom. The molecule has 0 N–H and O–H groups in total. The zero-order valence-electron chi connectivity index (χ0n) is 16.9. The molecule has 1 saturated heterocycles. The van der Waals surface area contributed by atoms with Gasteiger partial charge >= 0.3 is 0 Å². The molecule has 9 nitrogen and oxygen atoms in total. The summed E-state index contributed by atoms with van der Waals surface area (Å²) in [5.74, 6) is 1.89. The van der Waals surface area contributed by atoms with Gasteiger partial charge in [-0.15, -0.1) is 5.10 Å². The number of amides is 1. The first-order valence-corrected chi connectivity index (χ1v) is 10.2. The third-order valence-electron chi connectivity index (χ3n) is 5.45. The number of ether oxygens (including phenoxy) is 2. The minimum Gasteiger partial charge on any atom is -0.488 e. The maximum absolute atomic E-state index is 12.5. The highest BCUT2D eigenvalue weighted by Crippen LogP contribution is 2.28. The number of rotatable bonds is 8. The third kappa shape index (κ3) is 5.10. The number of nitrogens with zero attached hydrogens (tertiary/aromatic N) is 6. The first-order valence-electron chi connectivity index (χ1n) is 10.2. The van der Waals surface area contributed by atoms with E-state index in [1.165, 1.54) is 5.56 Å². The predicted octanol–water partition coefficient (Wildman–Crippen LogP) is 0.748. The van der Waals surface area contributed by atoms with Crippen molar-refractivity contribution in [1.82, 2.24) is 30.0 Å². The number of hydrogen-bond acceptors (Lipinski definition) is 7. The van der Waals surface area contributed by atoms with E-state index in [4.69, 9.17) is 9.47 Å². The van der Waals surface area contributed by atoms with Crippen LogP contribution in [0.1, 0.15) is 24.2 Å². The molecule has 156 valence electrons. The quantitative estimate of drug-likeness (QED) is 0.646. The van der Waals surface area contributed by atoms with Crippen LogP contribution in [-0.4, -0.2) is 81.9 Å². The summed E-state index contributed by atoms with van der Waals surface area (Å²) in [6, 6.07) is 8.06. The molecule has 0 unspecified atom stereocenters. The van der Waals surface area contributed by atoms with E-state index >= 15 is 0 Å². The van der Waals surface area contributed by atoms with Gasteiger partial charge in [0.25, 0.3) is 0 Å². The highest BCUT2D eigenvalue weighted by molar-refractivity contribution is 5.75. The van der Waals surface area contributed by atoms with Gasteiger partial charge in [-0.1, -0.05) is 18.2 Å². The lowest BCUT2D eigenvalue weighted by molar-refractivity contribution is -0.131. The SMILES string of the molecule is CN(C[C@@H]1Cc2ccccc2O1)C(=O)CCCn1nnnc1CN1CCOCC1. The lowest BCUT2D eigenvalue weighted by atomic mass is 10.1. The van der Waals surface area contributed by atoms with Crippen molar-refractivity contribution in [3.63, 3.8) is 0 Å². The molecule has 29 heavy (non-hydrogen) atoms. The second kappa shape index (κ2) is 9.32. The van der Waals surface area contributed by atoms with E-state index in [1.54, 1.807) is 9.58 Å². The summed E-state index contributed by atoms with van der Waals surface area (Å²) in [7, 11) is 1.84. The fourth-order valence-electron chi connectivity index (χ4n) is 3.80. The summed E-state index contributed by atoms with van der Waals surface area (Å²) in [6.07, 6.45) is 2.05. The molecule has 0 bridgehead atoms. The van der Waals surface area contributed by atoms with Crippen LogP contribution in [0.25, 0.3) is 0 Å². The molecule has 1 amide bonds. The highest BCUT2D eigenvalue weighted by Gasteiger charge is 2.25. The summed E-state index contributed by atoms with van der Waals surface area (Å²) in [4.78, 5) is 16.6. The van der Waals surface area contributed by atoms with Crippen molar-refractivity contribution >= 4 is 5.91 Å². The lowest BCUT2D eigenvalue weighted by Gasteiger charge is -2.25. The molecule has 2 aliphatic rings. The van der Waals surface area contributed by atoms with E-state index in [0.29, 0.717) is 32.5 Å². The van der Waals surface area contributed by atoms with Gasteiger partial charge in [-0.2, -0.15) is 0 Å². The summed E-state index contributed by atoms with van der Waals surface area (Å²) in [5.41, 5.74) is 1.21. The maximum atomic E-state index is 12.5. The molecule has 0 spiro atoms. The van der Waals surface area contributed by atoms with Gasteiger partial charge < -0.3 is 14.4 Å². The number of morpholine rings is 1. The number of aryl methyl sites for hydroxylation is 1. The van der Waals surface area contributed by atoms with Gasteiger partial charge in [-0.3, -0.25) is 9.69 Å². The van der Waals surface area contributed by atoms with Crippen molar-refractivity contribution in [2.45, 2.75) is 38.5 Å². The maximum Gasteiger partial charge on any atom is 0.222 e. The van der Waals surface area contributed by atoms with Crippen LogP contribution in [-0.2, 0) is 29.0 Å². The summed E-state index contributed by atoms with van der Waals surface area (Å²) in [6.45, 7) is 5.23. The minimum atomic E-state index is 0.0287. The number of carbonyl (C=O) groups excluding carboxylic acids is 1. The number of carbonyl (C=O) groups is 1. The number of aromatic nitrogens is 4. The van der Waals surface area contributed by atoms with Gasteiger partial charge in [0, 0.05) is 39.5 Å². The van der Waals surface area contributed by atoms with Crippen molar-refractivity contribution in [1.29, 1.82) is 0 Å². The second-order valence-corrected chi connectivity index (χ2v) is 7.64. The van der Waals surface area contributed by atoms with Gasteiger partial charge in [0.2, 0.25) is 5.91 Å². The Morgan fingerprint density at radius 2 is 2.10 bits per heavy atom. The Kier molecular flexibility index (Phi) is 6.36. The van der Waals surface area contributed by atoms with Crippen LogP contribution >= 0.6 is 0 Å². The van der Waals surface area contributed by atoms with Gasteiger partial charge in [0.15, 0.2) is 5.82 Å². The fraction of sp³-hybridized carbons (Fsp3) is 0.600. The normalized spacial score (nSPS) is 19.0. The van der Waals surface area contributed by atoms with E-state index in [9.17, 15) is 4.79 Å². The molecule has 1 atom stereocenters. The fourth-order valence-corrected chi connectivity index (χ4v) is 3.80.